The van der Waals surface area contributed by atoms with Crippen molar-refractivity contribution in [2.45, 2.75) is 38.3 Å². The monoisotopic (exact) mass is 605 g/mol. The summed E-state index contributed by atoms with van der Waals surface area (Å²) in [6.45, 7) is 5.47. The molecule has 3 rings (SSSR count). The Morgan fingerprint density at radius 1 is 0.925 bits per heavy atom. The van der Waals surface area contributed by atoms with Gasteiger partial charge in [0.25, 0.3) is 10.0 Å². The summed E-state index contributed by atoms with van der Waals surface area (Å²) in [5.41, 5.74) is 0.939. The number of nitrogens with zero attached hydrogens (tertiary/aromatic N) is 2. The van der Waals surface area contributed by atoms with E-state index in [0.29, 0.717) is 27.9 Å². The van der Waals surface area contributed by atoms with E-state index in [9.17, 15) is 18.0 Å². The van der Waals surface area contributed by atoms with Gasteiger partial charge in [0.2, 0.25) is 11.8 Å². The molecule has 3 aromatic carbocycles. The Balaban J connectivity index is 2.01. The SMILES string of the molecule is COc1ccc(S(=O)(=O)N(CC(=O)N(Cc2cccc(Cl)c2)[C@H](C)C(=O)NCC(C)C)c2ccc(Cl)cc2)cc1. The van der Waals surface area contributed by atoms with Crippen molar-refractivity contribution in [2.24, 2.45) is 5.92 Å². The highest BCUT2D eigenvalue weighted by atomic mass is 35.5. The van der Waals surface area contributed by atoms with Gasteiger partial charge in [-0.15, -0.1) is 0 Å². The van der Waals surface area contributed by atoms with Crippen LogP contribution in [0.5, 0.6) is 5.75 Å². The smallest absolute Gasteiger partial charge is 0.264 e. The number of hydrogen-bond donors (Lipinski definition) is 1. The van der Waals surface area contributed by atoms with Crippen LogP contribution in [0.15, 0.2) is 77.7 Å². The topological polar surface area (TPSA) is 96.0 Å². The Kier molecular flexibility index (Phi) is 10.8. The number of ether oxygens (including phenoxy) is 1. The van der Waals surface area contributed by atoms with Crippen molar-refractivity contribution in [1.29, 1.82) is 0 Å². The molecule has 0 bridgehead atoms. The van der Waals surface area contributed by atoms with E-state index in [1.165, 1.54) is 48.4 Å². The largest absolute Gasteiger partial charge is 0.497 e. The van der Waals surface area contributed by atoms with Crippen molar-refractivity contribution in [2.75, 3.05) is 24.5 Å². The van der Waals surface area contributed by atoms with Crippen LogP contribution in [0.25, 0.3) is 0 Å². The molecule has 8 nitrogen and oxygen atoms in total. The first-order valence-electron chi connectivity index (χ1n) is 12.7. The number of methoxy groups -OCH3 is 1. The fourth-order valence-corrected chi connectivity index (χ4v) is 5.63. The third-order valence-corrected chi connectivity index (χ3v) is 8.41. The first-order valence-corrected chi connectivity index (χ1v) is 14.9. The van der Waals surface area contributed by atoms with Crippen LogP contribution in [0, 0.1) is 5.92 Å². The number of halogens is 2. The number of rotatable bonds is 12. The average molecular weight is 607 g/mol. The number of amides is 2. The van der Waals surface area contributed by atoms with Gasteiger partial charge in [0.1, 0.15) is 18.3 Å². The highest BCUT2D eigenvalue weighted by molar-refractivity contribution is 7.92. The Morgan fingerprint density at radius 3 is 2.15 bits per heavy atom. The molecule has 1 atom stereocenters. The highest BCUT2D eigenvalue weighted by Crippen LogP contribution is 2.27. The summed E-state index contributed by atoms with van der Waals surface area (Å²) in [7, 11) is -2.72. The molecule has 0 aliphatic carbocycles. The van der Waals surface area contributed by atoms with Gasteiger partial charge >= 0.3 is 0 Å². The fraction of sp³-hybridized carbons (Fsp3) is 0.310. The van der Waals surface area contributed by atoms with Gasteiger partial charge in [-0.2, -0.15) is 0 Å². The Morgan fingerprint density at radius 2 is 1.57 bits per heavy atom. The molecule has 0 unspecified atom stereocenters. The standard InChI is InChI=1S/C29H33Cl2N3O5S/c1-20(2)17-32-29(36)21(3)33(18-22-6-5-7-24(31)16-22)28(35)19-34(25-10-8-23(30)9-11-25)40(37,38)27-14-12-26(39-4)13-15-27/h5-16,20-21H,17-19H2,1-4H3,(H,32,36)/t21-/m1/s1. The lowest BCUT2D eigenvalue weighted by Gasteiger charge is -2.32. The van der Waals surface area contributed by atoms with Crippen LogP contribution < -0.4 is 14.4 Å². The van der Waals surface area contributed by atoms with Gasteiger partial charge in [0.15, 0.2) is 0 Å². The van der Waals surface area contributed by atoms with Crippen LogP contribution in [-0.2, 0) is 26.2 Å². The van der Waals surface area contributed by atoms with Crippen molar-refractivity contribution >= 4 is 50.7 Å². The number of benzene rings is 3. The van der Waals surface area contributed by atoms with E-state index < -0.39 is 28.5 Å². The van der Waals surface area contributed by atoms with E-state index in [1.807, 2.05) is 13.8 Å². The third kappa shape index (κ3) is 8.13. The lowest BCUT2D eigenvalue weighted by molar-refractivity contribution is -0.139. The number of nitrogens with one attached hydrogen (secondary N) is 1. The minimum Gasteiger partial charge on any atom is -0.497 e. The summed E-state index contributed by atoms with van der Waals surface area (Å²) in [6, 6.07) is 18.1. The third-order valence-electron chi connectivity index (χ3n) is 6.13. The highest BCUT2D eigenvalue weighted by Gasteiger charge is 2.32. The van der Waals surface area contributed by atoms with E-state index in [4.69, 9.17) is 27.9 Å². The van der Waals surface area contributed by atoms with Crippen molar-refractivity contribution in [1.82, 2.24) is 10.2 Å². The van der Waals surface area contributed by atoms with Crippen molar-refractivity contribution in [3.05, 3.63) is 88.4 Å². The molecule has 11 heteroatoms. The first-order chi connectivity index (χ1) is 18.9. The molecule has 0 radical (unpaired) electrons. The number of hydrogen-bond acceptors (Lipinski definition) is 5. The maximum atomic E-state index is 13.9. The zero-order valence-electron chi connectivity index (χ0n) is 22.8. The molecule has 0 saturated carbocycles. The van der Waals surface area contributed by atoms with E-state index in [1.54, 1.807) is 43.3 Å². The van der Waals surface area contributed by atoms with Crippen molar-refractivity contribution < 1.29 is 22.7 Å². The van der Waals surface area contributed by atoms with Crippen LogP contribution in [-0.4, -0.2) is 51.4 Å². The second-order valence-electron chi connectivity index (χ2n) is 9.63. The van der Waals surface area contributed by atoms with Crippen LogP contribution in [0.1, 0.15) is 26.3 Å². The van der Waals surface area contributed by atoms with Crippen molar-refractivity contribution in [3.63, 3.8) is 0 Å². The predicted octanol–water partition coefficient (Wildman–Crippen LogP) is 5.39. The lowest BCUT2D eigenvalue weighted by atomic mass is 10.1. The van der Waals surface area contributed by atoms with E-state index in [-0.39, 0.29) is 29.0 Å². The molecular formula is C29H33Cl2N3O5S. The van der Waals surface area contributed by atoms with Gasteiger partial charge < -0.3 is 15.0 Å². The van der Waals surface area contributed by atoms with Crippen LogP contribution in [0.3, 0.4) is 0 Å². The summed E-state index contributed by atoms with van der Waals surface area (Å²) in [4.78, 5) is 28.3. The molecule has 0 saturated heterocycles. The summed E-state index contributed by atoms with van der Waals surface area (Å²) < 4.78 is 33.9. The van der Waals surface area contributed by atoms with Gasteiger partial charge in [-0.05, 0) is 79.1 Å². The van der Waals surface area contributed by atoms with Crippen LogP contribution in [0.4, 0.5) is 5.69 Å². The molecule has 0 heterocycles. The molecule has 40 heavy (non-hydrogen) atoms. The molecule has 0 aliphatic rings. The first kappa shape index (κ1) is 31.3. The van der Waals surface area contributed by atoms with Crippen LogP contribution in [0.2, 0.25) is 10.0 Å². The fourth-order valence-electron chi connectivity index (χ4n) is 3.88. The molecule has 1 N–H and O–H groups in total. The molecule has 0 aliphatic heterocycles. The molecular weight excluding hydrogens is 573 g/mol. The Labute approximate surface area is 245 Å². The lowest BCUT2D eigenvalue weighted by Crippen LogP contribution is -2.51. The number of carbonyl (C=O) groups excluding carboxylic acids is 2. The average Bonchev–Trinajstić information content (AvgIpc) is 2.93. The Bertz CT molecular complexity index is 1410. The normalized spacial score (nSPS) is 12.1. The van der Waals surface area contributed by atoms with Gasteiger partial charge in [0.05, 0.1) is 17.7 Å². The predicted molar refractivity (Wildman–Crippen MR) is 158 cm³/mol. The van der Waals surface area contributed by atoms with E-state index in [0.717, 1.165) is 4.31 Å². The summed E-state index contributed by atoms with van der Waals surface area (Å²) >= 11 is 12.2. The molecule has 0 spiro atoms. The van der Waals surface area contributed by atoms with Gasteiger partial charge in [-0.3, -0.25) is 13.9 Å². The second kappa shape index (κ2) is 13.9. The Hall–Kier alpha value is -3.27. The number of carbonyl (C=O) groups is 2. The zero-order valence-corrected chi connectivity index (χ0v) is 25.1. The quantitative estimate of drug-likeness (QED) is 0.299. The molecule has 0 fully saturated rings. The summed E-state index contributed by atoms with van der Waals surface area (Å²) in [5, 5.41) is 3.75. The van der Waals surface area contributed by atoms with E-state index in [2.05, 4.69) is 5.32 Å². The van der Waals surface area contributed by atoms with Gasteiger partial charge in [0, 0.05) is 23.1 Å². The molecule has 214 valence electrons. The minimum atomic E-state index is -4.20. The minimum absolute atomic E-state index is 0.0276. The summed E-state index contributed by atoms with van der Waals surface area (Å²) in [5.74, 6) is -0.218. The molecule has 3 aromatic rings. The zero-order chi connectivity index (χ0) is 29.4. The van der Waals surface area contributed by atoms with Gasteiger partial charge in [-0.1, -0.05) is 49.2 Å². The maximum absolute atomic E-state index is 13.9. The second-order valence-corrected chi connectivity index (χ2v) is 12.4. The maximum Gasteiger partial charge on any atom is 0.264 e. The van der Waals surface area contributed by atoms with Gasteiger partial charge in [-0.25, -0.2) is 8.42 Å². The van der Waals surface area contributed by atoms with Crippen molar-refractivity contribution in [3.8, 4) is 5.75 Å². The number of anilines is 1. The van der Waals surface area contributed by atoms with Crippen LogP contribution >= 0.6 is 23.2 Å². The molecule has 0 aromatic heterocycles. The van der Waals surface area contributed by atoms with E-state index >= 15 is 0 Å². The number of sulfonamides is 1. The summed E-state index contributed by atoms with van der Waals surface area (Å²) in [6.07, 6.45) is 0. The molecule has 2 amide bonds.